The normalized spacial score (nSPS) is 16.7. The molecule has 1 aromatic carbocycles. The van der Waals surface area contributed by atoms with Gasteiger partial charge in [-0.1, -0.05) is 0 Å². The predicted octanol–water partition coefficient (Wildman–Crippen LogP) is 3.13. The number of anilines is 3. The van der Waals surface area contributed by atoms with Crippen LogP contribution in [-0.2, 0) is 0 Å². The van der Waals surface area contributed by atoms with E-state index < -0.39 is 0 Å². The Morgan fingerprint density at radius 1 is 1.27 bits per heavy atom. The molecule has 1 unspecified atom stereocenters. The second-order valence-electron chi connectivity index (χ2n) is 6.38. The Labute approximate surface area is 154 Å². The fourth-order valence-corrected chi connectivity index (χ4v) is 2.91. The molecule has 0 bridgehead atoms. The van der Waals surface area contributed by atoms with Crippen LogP contribution < -0.4 is 20.1 Å². The summed E-state index contributed by atoms with van der Waals surface area (Å²) in [6.07, 6.45) is 4.01. The van der Waals surface area contributed by atoms with Crippen molar-refractivity contribution in [3.05, 3.63) is 30.5 Å². The van der Waals surface area contributed by atoms with Gasteiger partial charge in [0, 0.05) is 37.6 Å². The third-order valence-electron chi connectivity index (χ3n) is 4.64. The van der Waals surface area contributed by atoms with Crippen molar-refractivity contribution in [2.75, 3.05) is 44.5 Å². The zero-order chi connectivity index (χ0) is 18.4. The monoisotopic (exact) mass is 357 g/mol. The molecule has 3 rings (SSSR count). The van der Waals surface area contributed by atoms with Crippen LogP contribution in [0.25, 0.3) is 0 Å². The standard InChI is InChI=1S/C19H27N5O2/c1-14-8-11-24(14)10-4-12-26-17-13-15(5-6-16(17)25-3)22-19-21-9-7-18(20-2)23-19/h5-7,9,13-14H,4,8,10-12H2,1-3H3,(H2,20,21,22,23). The molecule has 140 valence electrons. The molecule has 1 aliphatic rings. The maximum absolute atomic E-state index is 5.96. The van der Waals surface area contributed by atoms with E-state index in [0.717, 1.165) is 36.0 Å². The minimum atomic E-state index is 0.528. The summed E-state index contributed by atoms with van der Waals surface area (Å²) in [6, 6.07) is 8.25. The van der Waals surface area contributed by atoms with E-state index in [1.807, 2.05) is 31.3 Å². The molecule has 7 heteroatoms. The van der Waals surface area contributed by atoms with Crippen molar-refractivity contribution in [1.82, 2.24) is 14.9 Å². The zero-order valence-electron chi connectivity index (χ0n) is 15.7. The first-order valence-corrected chi connectivity index (χ1v) is 9.02. The quantitative estimate of drug-likeness (QED) is 0.668. The maximum Gasteiger partial charge on any atom is 0.229 e. The van der Waals surface area contributed by atoms with Crippen molar-refractivity contribution in [1.29, 1.82) is 0 Å². The molecule has 7 nitrogen and oxygen atoms in total. The Bertz CT molecular complexity index is 725. The first kappa shape index (κ1) is 18.3. The summed E-state index contributed by atoms with van der Waals surface area (Å²) in [5.41, 5.74) is 0.852. The Hall–Kier alpha value is -2.54. The van der Waals surface area contributed by atoms with Gasteiger partial charge in [-0.05, 0) is 44.5 Å². The van der Waals surface area contributed by atoms with Gasteiger partial charge in [0.15, 0.2) is 11.5 Å². The van der Waals surface area contributed by atoms with Crippen molar-refractivity contribution in [3.8, 4) is 11.5 Å². The van der Waals surface area contributed by atoms with Crippen LogP contribution in [0.1, 0.15) is 19.8 Å². The predicted molar refractivity (Wildman–Crippen MR) is 104 cm³/mol. The number of aromatic nitrogens is 2. The van der Waals surface area contributed by atoms with Crippen LogP contribution in [0.3, 0.4) is 0 Å². The van der Waals surface area contributed by atoms with E-state index in [2.05, 4.69) is 32.4 Å². The van der Waals surface area contributed by atoms with Crippen molar-refractivity contribution in [2.45, 2.75) is 25.8 Å². The average Bonchev–Trinajstić information content (AvgIpc) is 2.67. The minimum Gasteiger partial charge on any atom is -0.493 e. The summed E-state index contributed by atoms with van der Waals surface area (Å²) in [4.78, 5) is 11.1. The number of hydrogen-bond donors (Lipinski definition) is 2. The van der Waals surface area contributed by atoms with Gasteiger partial charge in [0.05, 0.1) is 13.7 Å². The van der Waals surface area contributed by atoms with Gasteiger partial charge in [-0.2, -0.15) is 4.98 Å². The van der Waals surface area contributed by atoms with Crippen LogP contribution >= 0.6 is 0 Å². The summed E-state index contributed by atoms with van der Waals surface area (Å²) in [5, 5.41) is 6.20. The molecule has 2 N–H and O–H groups in total. The number of nitrogens with zero attached hydrogens (tertiary/aromatic N) is 3. The fourth-order valence-electron chi connectivity index (χ4n) is 2.91. The summed E-state index contributed by atoms with van der Waals surface area (Å²) in [6.45, 7) is 5.21. The highest BCUT2D eigenvalue weighted by Gasteiger charge is 2.22. The van der Waals surface area contributed by atoms with Gasteiger partial charge in [-0.3, -0.25) is 0 Å². The van der Waals surface area contributed by atoms with Gasteiger partial charge in [-0.15, -0.1) is 0 Å². The van der Waals surface area contributed by atoms with E-state index in [0.29, 0.717) is 18.6 Å². The van der Waals surface area contributed by atoms with Crippen LogP contribution in [0.15, 0.2) is 30.5 Å². The Morgan fingerprint density at radius 2 is 2.15 bits per heavy atom. The largest absolute Gasteiger partial charge is 0.493 e. The molecule has 1 aliphatic heterocycles. The molecule has 1 saturated heterocycles. The Kier molecular flexibility index (Phi) is 6.12. The molecular weight excluding hydrogens is 330 g/mol. The van der Waals surface area contributed by atoms with Crippen molar-refractivity contribution >= 4 is 17.5 Å². The van der Waals surface area contributed by atoms with Crippen LogP contribution in [-0.4, -0.2) is 54.8 Å². The Morgan fingerprint density at radius 3 is 2.85 bits per heavy atom. The van der Waals surface area contributed by atoms with E-state index >= 15 is 0 Å². The third kappa shape index (κ3) is 4.54. The molecule has 2 aromatic rings. The summed E-state index contributed by atoms with van der Waals surface area (Å²) >= 11 is 0. The van der Waals surface area contributed by atoms with Gasteiger partial charge in [0.1, 0.15) is 5.82 Å². The molecule has 26 heavy (non-hydrogen) atoms. The minimum absolute atomic E-state index is 0.528. The SMILES string of the molecule is CNc1ccnc(Nc2ccc(OC)c(OCCCN3CCC3C)c2)n1. The van der Waals surface area contributed by atoms with Crippen LogP contribution in [0.4, 0.5) is 17.5 Å². The van der Waals surface area contributed by atoms with E-state index in [-0.39, 0.29) is 0 Å². The summed E-state index contributed by atoms with van der Waals surface area (Å²) in [7, 11) is 3.48. The summed E-state index contributed by atoms with van der Waals surface area (Å²) in [5.74, 6) is 2.73. The molecule has 1 fully saturated rings. The van der Waals surface area contributed by atoms with Gasteiger partial charge < -0.3 is 25.0 Å². The zero-order valence-corrected chi connectivity index (χ0v) is 15.7. The van der Waals surface area contributed by atoms with Crippen LogP contribution in [0.5, 0.6) is 11.5 Å². The van der Waals surface area contributed by atoms with E-state index in [9.17, 15) is 0 Å². The molecule has 0 aliphatic carbocycles. The first-order chi connectivity index (χ1) is 12.7. The maximum atomic E-state index is 5.96. The first-order valence-electron chi connectivity index (χ1n) is 9.02. The van der Waals surface area contributed by atoms with Gasteiger partial charge >= 0.3 is 0 Å². The molecule has 0 saturated carbocycles. The lowest BCUT2D eigenvalue weighted by Crippen LogP contribution is -2.46. The lowest BCUT2D eigenvalue weighted by atomic mass is 10.1. The number of rotatable bonds is 9. The number of methoxy groups -OCH3 is 1. The van der Waals surface area contributed by atoms with Crippen LogP contribution in [0, 0.1) is 0 Å². The van der Waals surface area contributed by atoms with E-state index in [1.165, 1.54) is 13.0 Å². The topological polar surface area (TPSA) is 71.5 Å². The number of benzene rings is 1. The van der Waals surface area contributed by atoms with Crippen molar-refractivity contribution in [3.63, 3.8) is 0 Å². The van der Waals surface area contributed by atoms with E-state index in [4.69, 9.17) is 9.47 Å². The number of nitrogens with one attached hydrogen (secondary N) is 2. The molecular formula is C19H27N5O2. The number of hydrogen-bond acceptors (Lipinski definition) is 7. The number of ether oxygens (including phenoxy) is 2. The van der Waals surface area contributed by atoms with Gasteiger partial charge in [0.25, 0.3) is 0 Å². The highest BCUT2D eigenvalue weighted by molar-refractivity contribution is 5.60. The highest BCUT2D eigenvalue weighted by atomic mass is 16.5. The van der Waals surface area contributed by atoms with E-state index in [1.54, 1.807) is 13.3 Å². The lowest BCUT2D eigenvalue weighted by Gasteiger charge is -2.38. The fraction of sp³-hybridized carbons (Fsp3) is 0.474. The Balaban J connectivity index is 1.60. The molecule has 0 spiro atoms. The molecule has 2 heterocycles. The molecule has 1 atom stereocenters. The van der Waals surface area contributed by atoms with Gasteiger partial charge in [-0.25, -0.2) is 4.98 Å². The number of likely N-dealkylation sites (tertiary alicyclic amines) is 1. The third-order valence-corrected chi connectivity index (χ3v) is 4.64. The second-order valence-corrected chi connectivity index (χ2v) is 6.38. The lowest BCUT2D eigenvalue weighted by molar-refractivity contribution is 0.0965. The highest BCUT2D eigenvalue weighted by Crippen LogP contribution is 2.31. The van der Waals surface area contributed by atoms with Crippen molar-refractivity contribution in [2.24, 2.45) is 0 Å². The van der Waals surface area contributed by atoms with Crippen LogP contribution in [0.2, 0.25) is 0 Å². The molecule has 0 amide bonds. The second kappa shape index (κ2) is 8.71. The van der Waals surface area contributed by atoms with Gasteiger partial charge in [0.2, 0.25) is 5.95 Å². The smallest absolute Gasteiger partial charge is 0.229 e. The molecule has 0 radical (unpaired) electrons. The molecule has 1 aromatic heterocycles. The average molecular weight is 357 g/mol. The van der Waals surface area contributed by atoms with Crippen molar-refractivity contribution < 1.29 is 9.47 Å². The summed E-state index contributed by atoms with van der Waals surface area (Å²) < 4.78 is 11.4.